The van der Waals surface area contributed by atoms with Crippen LogP contribution in [-0.4, -0.2) is 66.0 Å². The highest BCUT2D eigenvalue weighted by atomic mass is 16.5. The number of aromatic nitrogens is 1. The van der Waals surface area contributed by atoms with Crippen molar-refractivity contribution >= 4 is 11.8 Å². The number of ether oxygens (including phenoxy) is 2. The normalized spacial score (nSPS) is 11.3. The summed E-state index contributed by atoms with van der Waals surface area (Å²) in [6, 6.07) is 31.5. The number of benzene rings is 3. The van der Waals surface area contributed by atoms with Gasteiger partial charge in [0.2, 0.25) is 11.8 Å². The average Bonchev–Trinajstić information content (AvgIpc) is 3.37. The van der Waals surface area contributed by atoms with Crippen LogP contribution in [0.4, 0.5) is 0 Å². The van der Waals surface area contributed by atoms with Gasteiger partial charge in [-0.15, -0.1) is 0 Å². The Morgan fingerprint density at radius 3 is 1.09 bits per heavy atom. The van der Waals surface area contributed by atoms with Gasteiger partial charge in [0.15, 0.2) is 0 Å². The molecule has 0 unspecified atom stereocenters. The number of carbonyl (C=O) groups excluding carboxylic acids is 2. The second-order valence-corrected chi connectivity index (χ2v) is 19.2. The first-order valence-corrected chi connectivity index (χ1v) is 27.4. The van der Waals surface area contributed by atoms with Gasteiger partial charge < -0.3 is 19.3 Å². The molecule has 7 nitrogen and oxygen atoms in total. The Labute approximate surface area is 414 Å². The minimum atomic E-state index is 0.0899. The van der Waals surface area contributed by atoms with Gasteiger partial charge in [-0.1, -0.05) is 223 Å². The molecule has 2 amide bonds. The van der Waals surface area contributed by atoms with E-state index in [1.165, 1.54) is 128 Å². The molecular formula is C61H91N3O4. The first kappa shape index (κ1) is 56.3. The number of nitrogens with zero attached hydrogens (tertiary/aromatic N) is 3. The Kier molecular flexibility index (Phi) is 29.6. The Bertz CT molecular complexity index is 1780. The Balaban J connectivity index is 1.41. The average molecular weight is 930 g/mol. The van der Waals surface area contributed by atoms with Crippen LogP contribution in [0.1, 0.15) is 193 Å². The highest BCUT2D eigenvalue weighted by Crippen LogP contribution is 2.31. The van der Waals surface area contributed by atoms with Gasteiger partial charge in [-0.3, -0.25) is 9.59 Å². The lowest BCUT2D eigenvalue weighted by Crippen LogP contribution is -2.35. The molecule has 0 saturated carbocycles. The zero-order valence-corrected chi connectivity index (χ0v) is 43.3. The summed E-state index contributed by atoms with van der Waals surface area (Å²) in [5.74, 6) is 0.191. The van der Waals surface area contributed by atoms with E-state index in [0.29, 0.717) is 13.2 Å². The predicted molar refractivity (Wildman–Crippen MR) is 287 cm³/mol. The summed E-state index contributed by atoms with van der Waals surface area (Å²) in [5, 5.41) is 0. The molecule has 3 aromatic carbocycles. The summed E-state index contributed by atoms with van der Waals surface area (Å²) in [7, 11) is 0. The summed E-state index contributed by atoms with van der Waals surface area (Å²) in [4.78, 5) is 36.4. The molecule has 0 N–H and O–H groups in total. The van der Waals surface area contributed by atoms with Crippen molar-refractivity contribution in [3.05, 3.63) is 102 Å². The van der Waals surface area contributed by atoms with Gasteiger partial charge in [0.1, 0.15) is 13.2 Å². The molecule has 4 aromatic rings. The van der Waals surface area contributed by atoms with Gasteiger partial charge in [0, 0.05) is 37.3 Å². The van der Waals surface area contributed by atoms with E-state index in [2.05, 4.69) is 122 Å². The molecule has 0 aliphatic heterocycles. The maximum absolute atomic E-state index is 13.5. The minimum absolute atomic E-state index is 0.0899. The van der Waals surface area contributed by atoms with E-state index < -0.39 is 0 Å². The van der Waals surface area contributed by atoms with Crippen LogP contribution in [0.2, 0.25) is 0 Å². The first-order chi connectivity index (χ1) is 33.4. The molecule has 68 heavy (non-hydrogen) atoms. The molecule has 0 spiro atoms. The molecule has 0 fully saturated rings. The topological polar surface area (TPSA) is 72.0 Å². The van der Waals surface area contributed by atoms with E-state index in [9.17, 15) is 9.59 Å². The molecule has 0 atom stereocenters. The standard InChI is InChI=1S/C61H91N3O4/c1-5-9-13-17-21-28-40-63(41-29-22-18-14-10-6-2)60(65)50-67-48-52-34-32-38-55(44-52)58-46-57(54-36-26-25-27-37-54)47-59(62-58)56-39-33-35-53(45-56)49-68-51-61(66)64(42-30-23-19-15-11-7-3)43-31-24-20-16-12-8-4/h25-27,32-39,44-47H,5-24,28-31,40-43,48-51H2,1-4H3. The highest BCUT2D eigenvalue weighted by Gasteiger charge is 2.16. The third kappa shape index (κ3) is 22.9. The summed E-state index contributed by atoms with van der Waals surface area (Å²) in [6.07, 6.45) is 29.2. The third-order valence-electron chi connectivity index (χ3n) is 13.2. The van der Waals surface area contributed by atoms with Crippen LogP contribution in [0, 0.1) is 0 Å². The van der Waals surface area contributed by atoms with Gasteiger partial charge in [0.25, 0.3) is 0 Å². The summed E-state index contributed by atoms with van der Waals surface area (Å²) in [6.45, 7) is 13.2. The van der Waals surface area contributed by atoms with Crippen molar-refractivity contribution in [1.29, 1.82) is 0 Å². The van der Waals surface area contributed by atoms with E-state index in [4.69, 9.17) is 14.5 Å². The summed E-state index contributed by atoms with van der Waals surface area (Å²) >= 11 is 0. The molecule has 0 radical (unpaired) electrons. The smallest absolute Gasteiger partial charge is 0.248 e. The van der Waals surface area contributed by atoms with Gasteiger partial charge in [0.05, 0.1) is 24.6 Å². The lowest BCUT2D eigenvalue weighted by atomic mass is 9.99. The van der Waals surface area contributed by atoms with Crippen molar-refractivity contribution in [3.8, 4) is 33.6 Å². The number of rotatable bonds is 39. The fourth-order valence-electron chi connectivity index (χ4n) is 9.01. The van der Waals surface area contributed by atoms with E-state index in [0.717, 1.165) is 96.6 Å². The van der Waals surface area contributed by atoms with Crippen molar-refractivity contribution in [3.63, 3.8) is 0 Å². The Hall–Kier alpha value is -4.33. The maximum atomic E-state index is 13.5. The molecule has 0 saturated heterocycles. The number of pyridine rings is 1. The molecule has 374 valence electrons. The van der Waals surface area contributed by atoms with Crippen molar-refractivity contribution in [2.75, 3.05) is 39.4 Å². The summed E-state index contributed by atoms with van der Waals surface area (Å²) in [5.41, 5.74) is 7.94. The van der Waals surface area contributed by atoms with Crippen LogP contribution in [0.15, 0.2) is 91.0 Å². The Morgan fingerprint density at radius 2 is 0.721 bits per heavy atom. The second-order valence-electron chi connectivity index (χ2n) is 19.2. The highest BCUT2D eigenvalue weighted by molar-refractivity contribution is 5.78. The number of hydrogen-bond donors (Lipinski definition) is 0. The van der Waals surface area contributed by atoms with Crippen LogP contribution >= 0.6 is 0 Å². The van der Waals surface area contributed by atoms with E-state index in [1.54, 1.807) is 0 Å². The minimum Gasteiger partial charge on any atom is -0.367 e. The van der Waals surface area contributed by atoms with Crippen LogP contribution < -0.4 is 0 Å². The SMILES string of the molecule is CCCCCCCCN(CCCCCCCC)C(=O)COCc1cccc(-c2cc(-c3ccccc3)cc(-c3cccc(COCC(=O)N(CCCCCCCC)CCCCCCCC)c3)n2)c1. The Morgan fingerprint density at radius 1 is 0.382 bits per heavy atom. The zero-order chi connectivity index (χ0) is 48.3. The van der Waals surface area contributed by atoms with Crippen molar-refractivity contribution < 1.29 is 19.1 Å². The third-order valence-corrected chi connectivity index (χ3v) is 13.2. The molecule has 7 heteroatoms. The van der Waals surface area contributed by atoms with E-state index in [-0.39, 0.29) is 25.0 Å². The number of hydrogen-bond acceptors (Lipinski definition) is 5. The van der Waals surface area contributed by atoms with Crippen molar-refractivity contribution in [2.24, 2.45) is 0 Å². The predicted octanol–water partition coefficient (Wildman–Crippen LogP) is 16.2. The number of amides is 2. The van der Waals surface area contributed by atoms with E-state index in [1.807, 2.05) is 6.07 Å². The molecule has 4 rings (SSSR count). The number of unbranched alkanes of at least 4 members (excludes halogenated alkanes) is 20. The van der Waals surface area contributed by atoms with Gasteiger partial charge in [-0.2, -0.15) is 0 Å². The van der Waals surface area contributed by atoms with Crippen LogP contribution in [0.25, 0.3) is 33.6 Å². The lowest BCUT2D eigenvalue weighted by Gasteiger charge is -2.23. The monoisotopic (exact) mass is 930 g/mol. The van der Waals surface area contributed by atoms with E-state index >= 15 is 0 Å². The lowest BCUT2D eigenvalue weighted by molar-refractivity contribution is -0.137. The van der Waals surface area contributed by atoms with Crippen LogP contribution in [0.5, 0.6) is 0 Å². The fraction of sp³-hybridized carbons (Fsp3) is 0.590. The van der Waals surface area contributed by atoms with Crippen molar-refractivity contribution in [2.45, 2.75) is 195 Å². The summed E-state index contributed by atoms with van der Waals surface area (Å²) < 4.78 is 12.3. The molecule has 0 aliphatic rings. The first-order valence-electron chi connectivity index (χ1n) is 27.4. The van der Waals surface area contributed by atoms with Crippen molar-refractivity contribution in [1.82, 2.24) is 14.8 Å². The fourth-order valence-corrected chi connectivity index (χ4v) is 9.01. The maximum Gasteiger partial charge on any atom is 0.248 e. The second kappa shape index (κ2) is 35.7. The van der Waals surface area contributed by atoms with Gasteiger partial charge in [-0.05, 0) is 72.2 Å². The molecule has 1 heterocycles. The zero-order valence-electron chi connectivity index (χ0n) is 43.3. The van der Waals surface area contributed by atoms with Gasteiger partial charge in [-0.25, -0.2) is 4.98 Å². The van der Waals surface area contributed by atoms with Crippen LogP contribution in [0.3, 0.4) is 0 Å². The van der Waals surface area contributed by atoms with Gasteiger partial charge >= 0.3 is 0 Å². The molecule has 0 bridgehead atoms. The quantitative estimate of drug-likeness (QED) is 0.0417. The number of carbonyl (C=O) groups is 2. The molecule has 1 aromatic heterocycles. The largest absolute Gasteiger partial charge is 0.367 e. The van der Waals surface area contributed by atoms with Crippen LogP contribution in [-0.2, 0) is 32.3 Å². The molecule has 0 aliphatic carbocycles. The molecular weight excluding hydrogens is 839 g/mol.